The van der Waals surface area contributed by atoms with E-state index in [1.165, 1.54) is 4.31 Å². The van der Waals surface area contributed by atoms with E-state index in [1.54, 1.807) is 0 Å². The zero-order valence-corrected chi connectivity index (χ0v) is 14.2. The van der Waals surface area contributed by atoms with Crippen LogP contribution in [0.15, 0.2) is 30.6 Å². The fourth-order valence-electron chi connectivity index (χ4n) is 2.83. The first kappa shape index (κ1) is 16.4. The third-order valence-corrected chi connectivity index (χ3v) is 5.35. The molecule has 0 amide bonds. The minimum Gasteiger partial charge on any atom is -0.373 e. The van der Waals surface area contributed by atoms with Gasteiger partial charge in [0.2, 0.25) is 0 Å². The van der Waals surface area contributed by atoms with Gasteiger partial charge in [0, 0.05) is 38.4 Å². The zero-order valence-electron chi connectivity index (χ0n) is 13.3. The van der Waals surface area contributed by atoms with Gasteiger partial charge in [-0.2, -0.15) is 12.7 Å². The molecule has 3 rings (SSSR count). The van der Waals surface area contributed by atoms with Crippen LogP contribution in [0.4, 0.5) is 0 Å². The Kier molecular flexibility index (Phi) is 4.67. The van der Waals surface area contributed by atoms with Gasteiger partial charge in [-0.05, 0) is 26.0 Å². The molecule has 0 unspecified atom stereocenters. The number of pyridine rings is 1. The summed E-state index contributed by atoms with van der Waals surface area (Å²) in [5, 5.41) is 0. The molecule has 1 saturated heterocycles. The van der Waals surface area contributed by atoms with Crippen LogP contribution in [0.1, 0.15) is 19.5 Å². The minimum absolute atomic E-state index is 0.0891. The molecule has 2 aromatic rings. The van der Waals surface area contributed by atoms with Gasteiger partial charge >= 0.3 is 0 Å². The van der Waals surface area contributed by atoms with E-state index in [1.807, 2.05) is 48.8 Å². The fraction of sp³-hybridized carbons (Fsp3) is 0.533. The first-order chi connectivity index (χ1) is 10.9. The second kappa shape index (κ2) is 6.56. The fourth-order valence-corrected chi connectivity index (χ4v) is 4.19. The van der Waals surface area contributed by atoms with E-state index in [0.29, 0.717) is 26.1 Å². The average Bonchev–Trinajstić information content (AvgIpc) is 2.88. The Morgan fingerprint density at radius 3 is 2.74 bits per heavy atom. The number of fused-ring (bicyclic) bond motifs is 1. The molecule has 8 heteroatoms. The largest absolute Gasteiger partial charge is 0.373 e. The summed E-state index contributed by atoms with van der Waals surface area (Å²) < 4.78 is 36.4. The number of rotatable bonds is 5. The Hall–Kier alpha value is -1.48. The van der Waals surface area contributed by atoms with Crippen molar-refractivity contribution >= 4 is 15.9 Å². The summed E-state index contributed by atoms with van der Waals surface area (Å²) in [5.74, 6) is 0. The van der Waals surface area contributed by atoms with Gasteiger partial charge in [-0.3, -0.25) is 0 Å². The van der Waals surface area contributed by atoms with Crippen molar-refractivity contribution in [3.8, 4) is 0 Å². The Bertz CT molecular complexity index is 731. The van der Waals surface area contributed by atoms with Crippen LogP contribution in [0.2, 0.25) is 0 Å². The normalized spacial score (nSPS) is 23.4. The van der Waals surface area contributed by atoms with Crippen LogP contribution in [0.5, 0.6) is 0 Å². The van der Waals surface area contributed by atoms with Crippen molar-refractivity contribution in [1.29, 1.82) is 0 Å². The molecule has 1 aliphatic rings. The molecule has 3 heterocycles. The van der Waals surface area contributed by atoms with E-state index in [2.05, 4.69) is 9.71 Å². The lowest BCUT2D eigenvalue weighted by Gasteiger charge is -2.34. The Morgan fingerprint density at radius 2 is 2.04 bits per heavy atom. The first-order valence-corrected chi connectivity index (χ1v) is 9.21. The summed E-state index contributed by atoms with van der Waals surface area (Å²) in [7, 11) is -3.48. The number of imidazole rings is 1. The Morgan fingerprint density at radius 1 is 1.30 bits per heavy atom. The highest BCUT2D eigenvalue weighted by molar-refractivity contribution is 7.87. The molecule has 2 aromatic heterocycles. The van der Waals surface area contributed by atoms with Crippen molar-refractivity contribution in [3.63, 3.8) is 0 Å². The van der Waals surface area contributed by atoms with Gasteiger partial charge in [-0.15, -0.1) is 0 Å². The highest BCUT2D eigenvalue weighted by Gasteiger charge is 2.30. The number of hydrogen-bond acceptors (Lipinski definition) is 4. The smallest absolute Gasteiger partial charge is 0.279 e. The van der Waals surface area contributed by atoms with Crippen LogP contribution >= 0.6 is 0 Å². The van der Waals surface area contributed by atoms with Gasteiger partial charge in [0.05, 0.1) is 17.9 Å². The predicted molar refractivity (Wildman–Crippen MR) is 87.4 cm³/mol. The minimum atomic E-state index is -3.48. The van der Waals surface area contributed by atoms with Gasteiger partial charge in [0.15, 0.2) is 0 Å². The Balaban J connectivity index is 1.58. The van der Waals surface area contributed by atoms with E-state index in [4.69, 9.17) is 4.74 Å². The van der Waals surface area contributed by atoms with Crippen LogP contribution in [0.25, 0.3) is 5.65 Å². The summed E-state index contributed by atoms with van der Waals surface area (Å²) in [6.07, 6.45) is 4.22. The molecular weight excluding hydrogens is 316 g/mol. The molecule has 1 fully saturated rings. The molecule has 7 nitrogen and oxygen atoms in total. The summed E-state index contributed by atoms with van der Waals surface area (Å²) >= 11 is 0. The summed E-state index contributed by atoms with van der Waals surface area (Å²) in [6, 6.07) is 5.78. The lowest BCUT2D eigenvalue weighted by Crippen LogP contribution is -2.52. The molecule has 0 bridgehead atoms. The topological polar surface area (TPSA) is 75.9 Å². The van der Waals surface area contributed by atoms with Crippen LogP contribution < -0.4 is 4.72 Å². The first-order valence-electron chi connectivity index (χ1n) is 7.77. The molecule has 23 heavy (non-hydrogen) atoms. The number of nitrogens with zero attached hydrogens (tertiary/aromatic N) is 3. The van der Waals surface area contributed by atoms with Crippen molar-refractivity contribution < 1.29 is 13.2 Å². The number of aromatic nitrogens is 2. The highest BCUT2D eigenvalue weighted by atomic mass is 32.2. The molecule has 0 spiro atoms. The molecule has 1 aliphatic heterocycles. The zero-order chi connectivity index (χ0) is 16.4. The maximum absolute atomic E-state index is 12.4. The van der Waals surface area contributed by atoms with Gasteiger partial charge in [-0.25, -0.2) is 9.71 Å². The standard InChI is InChI=1S/C15H22N4O3S/c1-12-9-19(10-13(2)22-12)23(20,21)16-7-6-14-11-18-8-4-3-5-15(18)17-14/h3-5,8,11-13,16H,6-7,9-10H2,1-2H3/t12-,13-/m1/s1. The second-order valence-corrected chi connectivity index (χ2v) is 7.68. The van der Waals surface area contributed by atoms with Crippen LogP contribution in [0.3, 0.4) is 0 Å². The van der Waals surface area contributed by atoms with Gasteiger partial charge < -0.3 is 9.14 Å². The number of hydrogen-bond donors (Lipinski definition) is 1. The maximum Gasteiger partial charge on any atom is 0.279 e. The van der Waals surface area contributed by atoms with E-state index < -0.39 is 10.2 Å². The third kappa shape index (κ3) is 3.89. The molecule has 0 aromatic carbocycles. The van der Waals surface area contributed by atoms with E-state index in [9.17, 15) is 8.42 Å². The van der Waals surface area contributed by atoms with E-state index >= 15 is 0 Å². The van der Waals surface area contributed by atoms with Crippen molar-refractivity contribution in [1.82, 2.24) is 18.4 Å². The van der Waals surface area contributed by atoms with Crippen molar-refractivity contribution in [2.75, 3.05) is 19.6 Å². The lowest BCUT2D eigenvalue weighted by molar-refractivity contribution is -0.0443. The van der Waals surface area contributed by atoms with Gasteiger partial charge in [0.1, 0.15) is 5.65 Å². The quantitative estimate of drug-likeness (QED) is 0.876. The van der Waals surface area contributed by atoms with E-state index in [-0.39, 0.29) is 12.2 Å². The third-order valence-electron chi connectivity index (χ3n) is 3.81. The molecule has 2 atom stereocenters. The molecule has 126 valence electrons. The van der Waals surface area contributed by atoms with Crippen LogP contribution in [0, 0.1) is 0 Å². The molecule has 0 radical (unpaired) electrons. The molecule has 1 N–H and O–H groups in total. The maximum atomic E-state index is 12.4. The van der Waals surface area contributed by atoms with Crippen LogP contribution in [-0.2, 0) is 21.4 Å². The SMILES string of the molecule is C[C@@H]1CN(S(=O)(=O)NCCc2cn3ccccc3n2)C[C@@H](C)O1. The summed E-state index contributed by atoms with van der Waals surface area (Å²) in [6.45, 7) is 4.86. The summed E-state index contributed by atoms with van der Waals surface area (Å²) in [4.78, 5) is 4.46. The van der Waals surface area contributed by atoms with Gasteiger partial charge in [-0.1, -0.05) is 6.07 Å². The van der Waals surface area contributed by atoms with E-state index in [0.717, 1.165) is 11.3 Å². The van der Waals surface area contributed by atoms with Crippen molar-refractivity contribution in [2.24, 2.45) is 0 Å². The number of morpholine rings is 1. The Labute approximate surface area is 136 Å². The number of ether oxygens (including phenoxy) is 1. The lowest BCUT2D eigenvalue weighted by atomic mass is 10.3. The van der Waals surface area contributed by atoms with Crippen molar-refractivity contribution in [3.05, 3.63) is 36.3 Å². The summed E-state index contributed by atoms with van der Waals surface area (Å²) in [5.41, 5.74) is 1.73. The number of nitrogens with one attached hydrogen (secondary N) is 1. The highest BCUT2D eigenvalue weighted by Crippen LogP contribution is 2.13. The average molecular weight is 338 g/mol. The van der Waals surface area contributed by atoms with Crippen molar-refractivity contribution in [2.45, 2.75) is 32.5 Å². The van der Waals surface area contributed by atoms with Gasteiger partial charge in [0.25, 0.3) is 10.2 Å². The van der Waals surface area contributed by atoms with Crippen LogP contribution in [-0.4, -0.2) is 53.9 Å². The molecule has 0 aliphatic carbocycles. The predicted octanol–water partition coefficient (Wildman–Crippen LogP) is 0.820. The molecular formula is C15H22N4O3S. The second-order valence-electron chi connectivity index (χ2n) is 5.92. The molecule has 0 saturated carbocycles. The monoisotopic (exact) mass is 338 g/mol.